The minimum absolute atomic E-state index is 0.0190. The van der Waals surface area contributed by atoms with E-state index in [0.717, 1.165) is 0 Å². The summed E-state index contributed by atoms with van der Waals surface area (Å²) in [6.45, 7) is 1.50. The maximum absolute atomic E-state index is 13.3. The number of fused-ring (bicyclic) bond motifs is 1. The number of rotatable bonds is 4. The largest absolute Gasteiger partial charge is 0.508 e. The second-order valence-corrected chi connectivity index (χ2v) is 5.45. The molecule has 2 aromatic carbocycles. The fraction of sp³-hybridized carbons (Fsp3) is 0.118. The van der Waals surface area contributed by atoms with Crippen molar-refractivity contribution in [2.24, 2.45) is 0 Å². The van der Waals surface area contributed by atoms with Crippen LogP contribution in [0.15, 0.2) is 40.8 Å². The van der Waals surface area contributed by atoms with Crippen LogP contribution >= 0.6 is 0 Å². The van der Waals surface area contributed by atoms with Crippen LogP contribution in [0.4, 0.5) is 10.1 Å². The molecule has 25 heavy (non-hydrogen) atoms. The number of nitro groups is 1. The van der Waals surface area contributed by atoms with Gasteiger partial charge in [0.2, 0.25) is 0 Å². The summed E-state index contributed by atoms with van der Waals surface area (Å²) in [6.07, 6.45) is 0. The Hall–Kier alpha value is -3.42. The highest BCUT2D eigenvalue weighted by Crippen LogP contribution is 2.26. The molecule has 0 aliphatic heterocycles. The van der Waals surface area contributed by atoms with Gasteiger partial charge in [0, 0.05) is 35.2 Å². The Labute approximate surface area is 140 Å². The van der Waals surface area contributed by atoms with Crippen molar-refractivity contribution in [3.63, 3.8) is 0 Å². The summed E-state index contributed by atoms with van der Waals surface area (Å²) in [5.41, 5.74) is 0.859. The Morgan fingerprint density at radius 3 is 2.80 bits per heavy atom. The van der Waals surface area contributed by atoms with E-state index in [-0.39, 0.29) is 29.3 Å². The van der Waals surface area contributed by atoms with Gasteiger partial charge in [-0.3, -0.25) is 14.9 Å². The third-order valence-electron chi connectivity index (χ3n) is 3.82. The van der Waals surface area contributed by atoms with Crippen LogP contribution in [-0.4, -0.2) is 15.9 Å². The first-order valence-corrected chi connectivity index (χ1v) is 7.30. The van der Waals surface area contributed by atoms with E-state index in [9.17, 15) is 24.4 Å². The molecule has 1 amide bonds. The summed E-state index contributed by atoms with van der Waals surface area (Å²) >= 11 is 0. The zero-order chi connectivity index (χ0) is 18.1. The fourth-order valence-corrected chi connectivity index (χ4v) is 2.49. The van der Waals surface area contributed by atoms with Crippen molar-refractivity contribution in [2.45, 2.75) is 13.5 Å². The number of non-ortho nitro benzene ring substituents is 1. The second-order valence-electron chi connectivity index (χ2n) is 5.45. The van der Waals surface area contributed by atoms with Gasteiger partial charge in [-0.05, 0) is 31.2 Å². The van der Waals surface area contributed by atoms with Crippen LogP contribution in [0.1, 0.15) is 21.7 Å². The van der Waals surface area contributed by atoms with Crippen LogP contribution in [0.2, 0.25) is 0 Å². The first-order valence-electron chi connectivity index (χ1n) is 7.30. The summed E-state index contributed by atoms with van der Waals surface area (Å²) in [5, 5.41) is 23.6. The quantitative estimate of drug-likeness (QED) is 0.557. The van der Waals surface area contributed by atoms with Gasteiger partial charge < -0.3 is 14.8 Å². The Kier molecular flexibility index (Phi) is 4.10. The maximum atomic E-state index is 13.3. The number of halogens is 1. The van der Waals surface area contributed by atoms with Crippen molar-refractivity contribution in [2.75, 3.05) is 0 Å². The van der Waals surface area contributed by atoms with E-state index in [4.69, 9.17) is 4.42 Å². The predicted molar refractivity (Wildman–Crippen MR) is 86.8 cm³/mol. The van der Waals surface area contributed by atoms with Crippen LogP contribution in [0, 0.1) is 22.9 Å². The molecule has 128 valence electrons. The Morgan fingerprint density at radius 2 is 2.08 bits per heavy atom. The molecule has 0 atom stereocenters. The lowest BCUT2D eigenvalue weighted by molar-refractivity contribution is -0.384. The number of phenols is 1. The molecule has 1 aromatic heterocycles. The molecule has 2 N–H and O–H groups in total. The number of hydrogen-bond acceptors (Lipinski definition) is 5. The number of benzene rings is 2. The van der Waals surface area contributed by atoms with Gasteiger partial charge in [-0.15, -0.1) is 0 Å². The topological polar surface area (TPSA) is 106 Å². The highest BCUT2D eigenvalue weighted by Gasteiger charge is 2.19. The molecule has 0 radical (unpaired) electrons. The molecular formula is C17H13FN2O5. The summed E-state index contributed by atoms with van der Waals surface area (Å²) in [7, 11) is 0. The first-order chi connectivity index (χ1) is 11.9. The molecule has 3 rings (SSSR count). The van der Waals surface area contributed by atoms with Crippen LogP contribution < -0.4 is 5.32 Å². The Bertz CT molecular complexity index is 996. The predicted octanol–water partition coefficient (Wildman–Crippen LogP) is 3.42. The summed E-state index contributed by atoms with van der Waals surface area (Å²) in [4.78, 5) is 22.5. The van der Waals surface area contributed by atoms with Gasteiger partial charge in [-0.2, -0.15) is 0 Å². The molecule has 3 aromatic rings. The van der Waals surface area contributed by atoms with Crippen molar-refractivity contribution >= 4 is 22.6 Å². The Balaban J connectivity index is 1.83. The molecule has 0 spiro atoms. The van der Waals surface area contributed by atoms with Crippen molar-refractivity contribution in [1.29, 1.82) is 0 Å². The molecule has 0 saturated heterocycles. The van der Waals surface area contributed by atoms with Crippen LogP contribution in [0.3, 0.4) is 0 Å². The van der Waals surface area contributed by atoms with Gasteiger partial charge in [-0.25, -0.2) is 4.39 Å². The molecule has 0 unspecified atom stereocenters. The molecule has 0 aliphatic carbocycles. The number of nitrogens with zero attached hydrogens (tertiary/aromatic N) is 1. The number of aromatic hydroxyl groups is 1. The molecule has 0 aliphatic rings. The number of nitro benzene ring substituents is 1. The highest BCUT2D eigenvalue weighted by atomic mass is 19.1. The molecule has 0 saturated carbocycles. The minimum atomic E-state index is -0.595. The first kappa shape index (κ1) is 16.4. The minimum Gasteiger partial charge on any atom is -0.508 e. The van der Waals surface area contributed by atoms with E-state index >= 15 is 0 Å². The van der Waals surface area contributed by atoms with E-state index in [1.165, 1.54) is 36.4 Å². The van der Waals surface area contributed by atoms with Crippen molar-refractivity contribution in [3.8, 4) is 5.75 Å². The van der Waals surface area contributed by atoms with Gasteiger partial charge >= 0.3 is 0 Å². The van der Waals surface area contributed by atoms with Gasteiger partial charge in [0.25, 0.3) is 11.6 Å². The number of phenolic OH excluding ortho intramolecular Hbond substituents is 1. The van der Waals surface area contributed by atoms with Gasteiger partial charge in [0.05, 0.1) is 4.92 Å². The molecular weight excluding hydrogens is 331 g/mol. The lowest BCUT2D eigenvalue weighted by Gasteiger charge is -2.06. The van der Waals surface area contributed by atoms with Crippen molar-refractivity contribution < 1.29 is 23.6 Å². The normalized spacial score (nSPS) is 10.8. The summed E-state index contributed by atoms with van der Waals surface area (Å²) in [6, 6.07) is 7.47. The molecule has 0 fully saturated rings. The maximum Gasteiger partial charge on any atom is 0.287 e. The zero-order valence-electron chi connectivity index (χ0n) is 13.1. The molecule has 7 nitrogen and oxygen atoms in total. The monoisotopic (exact) mass is 344 g/mol. The van der Waals surface area contributed by atoms with Crippen LogP contribution in [-0.2, 0) is 6.54 Å². The molecule has 8 heteroatoms. The molecule has 0 bridgehead atoms. The van der Waals surface area contributed by atoms with Gasteiger partial charge in [0.15, 0.2) is 5.76 Å². The smallest absolute Gasteiger partial charge is 0.287 e. The number of hydrogen-bond donors (Lipinski definition) is 2. The summed E-state index contributed by atoms with van der Waals surface area (Å²) < 4.78 is 18.8. The molecule has 1 heterocycles. The highest BCUT2D eigenvalue weighted by molar-refractivity contribution is 5.98. The van der Waals surface area contributed by atoms with Crippen molar-refractivity contribution in [3.05, 3.63) is 69.2 Å². The van der Waals surface area contributed by atoms with Crippen LogP contribution in [0.5, 0.6) is 5.75 Å². The lowest BCUT2D eigenvalue weighted by atomic mass is 10.1. The van der Waals surface area contributed by atoms with E-state index in [1.807, 2.05) is 0 Å². The zero-order valence-corrected chi connectivity index (χ0v) is 13.1. The van der Waals surface area contributed by atoms with Gasteiger partial charge in [-0.1, -0.05) is 0 Å². The third-order valence-corrected chi connectivity index (χ3v) is 3.82. The van der Waals surface area contributed by atoms with E-state index in [2.05, 4.69) is 5.32 Å². The van der Waals surface area contributed by atoms with E-state index < -0.39 is 16.6 Å². The SMILES string of the molecule is Cc1c(C(=O)NCc2cc([N+](=O)[O-])ccc2O)oc2ccc(F)cc12. The number of nitrogens with one attached hydrogen (secondary N) is 1. The van der Waals surface area contributed by atoms with E-state index in [0.29, 0.717) is 16.5 Å². The standard InChI is InChI=1S/C17H13FN2O5/c1-9-13-7-11(18)2-5-15(13)25-16(9)17(22)19-8-10-6-12(20(23)24)3-4-14(10)21/h2-7,21H,8H2,1H3,(H,19,22). The Morgan fingerprint density at radius 1 is 1.32 bits per heavy atom. The second kappa shape index (κ2) is 6.23. The number of furan rings is 1. The van der Waals surface area contributed by atoms with E-state index in [1.54, 1.807) is 6.92 Å². The number of carbonyl (C=O) groups is 1. The third kappa shape index (κ3) is 3.14. The summed E-state index contributed by atoms with van der Waals surface area (Å²) in [5.74, 6) is -1.16. The average molecular weight is 344 g/mol. The average Bonchev–Trinajstić information content (AvgIpc) is 2.90. The fourth-order valence-electron chi connectivity index (χ4n) is 2.49. The number of carbonyl (C=O) groups excluding carboxylic acids is 1. The number of aryl methyl sites for hydroxylation is 1. The van der Waals surface area contributed by atoms with Crippen molar-refractivity contribution in [1.82, 2.24) is 5.32 Å². The van der Waals surface area contributed by atoms with Crippen LogP contribution in [0.25, 0.3) is 11.0 Å². The van der Waals surface area contributed by atoms with Gasteiger partial charge in [0.1, 0.15) is 17.1 Å². The number of amides is 1. The lowest BCUT2D eigenvalue weighted by Crippen LogP contribution is -2.23.